The van der Waals surface area contributed by atoms with E-state index in [1.54, 1.807) is 0 Å². The van der Waals surface area contributed by atoms with Crippen LogP contribution in [0.2, 0.25) is 5.02 Å². The van der Waals surface area contributed by atoms with Crippen LogP contribution in [-0.2, 0) is 5.41 Å². The van der Waals surface area contributed by atoms with Crippen molar-refractivity contribution in [2.45, 2.75) is 19.3 Å². The number of fused-ring (bicyclic) bond motifs is 3. The van der Waals surface area contributed by atoms with Gasteiger partial charge in [-0.2, -0.15) is 0 Å². The number of halogens is 3. The van der Waals surface area contributed by atoms with E-state index in [0.717, 1.165) is 47.8 Å². The van der Waals surface area contributed by atoms with Gasteiger partial charge < -0.3 is 4.90 Å². The quantitative estimate of drug-likeness (QED) is 0.393. The summed E-state index contributed by atoms with van der Waals surface area (Å²) in [6.07, 6.45) is 0. The van der Waals surface area contributed by atoms with Crippen molar-refractivity contribution < 1.29 is 0 Å². The monoisotopic (exact) mass is 465 g/mol. The lowest BCUT2D eigenvalue weighted by Crippen LogP contribution is -2.32. The molecule has 0 amide bonds. The zero-order valence-corrected chi connectivity index (χ0v) is 17.3. The molecular weight excluding hydrogens is 453 g/mol. The molecule has 2 heterocycles. The van der Waals surface area contributed by atoms with Gasteiger partial charge in [-0.1, -0.05) is 11.6 Å². The Bertz CT molecular complexity index is 1000. The van der Waals surface area contributed by atoms with Crippen molar-refractivity contribution in [1.82, 2.24) is 9.97 Å². The first-order valence-corrected chi connectivity index (χ1v) is 9.46. The van der Waals surface area contributed by atoms with Crippen molar-refractivity contribution in [1.29, 1.82) is 0 Å². The van der Waals surface area contributed by atoms with Gasteiger partial charge in [0.05, 0.1) is 16.7 Å². The van der Waals surface area contributed by atoms with Crippen LogP contribution in [0.4, 0.5) is 11.5 Å². The molecule has 0 radical (unpaired) electrons. The summed E-state index contributed by atoms with van der Waals surface area (Å²) < 4.78 is 1.93. The van der Waals surface area contributed by atoms with E-state index in [4.69, 9.17) is 21.6 Å². The van der Waals surface area contributed by atoms with E-state index in [-0.39, 0.29) is 5.41 Å². The van der Waals surface area contributed by atoms with Crippen molar-refractivity contribution in [2.24, 2.45) is 0 Å². The van der Waals surface area contributed by atoms with E-state index >= 15 is 0 Å². The highest BCUT2D eigenvalue weighted by atomic mass is 79.9. The van der Waals surface area contributed by atoms with Crippen LogP contribution < -0.4 is 4.90 Å². The number of anilines is 2. The SMILES string of the molecule is CN1c2ccc(Cl)cc2C(C)(C)c2nc3cc(Br)c(Br)cc3nc21. The number of benzene rings is 2. The topological polar surface area (TPSA) is 29.0 Å². The first kappa shape index (κ1) is 16.3. The third kappa shape index (κ3) is 2.29. The molecule has 0 spiro atoms. The lowest BCUT2D eigenvalue weighted by Gasteiger charge is -2.38. The van der Waals surface area contributed by atoms with Gasteiger partial charge in [-0.05, 0) is 81.6 Å². The minimum atomic E-state index is -0.275. The zero-order chi connectivity index (χ0) is 17.2. The highest BCUT2D eigenvalue weighted by molar-refractivity contribution is 9.13. The summed E-state index contributed by atoms with van der Waals surface area (Å²) >= 11 is 13.3. The zero-order valence-electron chi connectivity index (χ0n) is 13.4. The van der Waals surface area contributed by atoms with Crippen LogP contribution in [-0.4, -0.2) is 17.0 Å². The molecule has 1 aliphatic rings. The summed E-state index contributed by atoms with van der Waals surface area (Å²) in [6.45, 7) is 4.34. The van der Waals surface area contributed by atoms with Crippen molar-refractivity contribution in [3.63, 3.8) is 0 Å². The average molecular weight is 468 g/mol. The molecule has 6 heteroatoms. The maximum atomic E-state index is 6.25. The Balaban J connectivity index is 2.06. The Morgan fingerprint density at radius 1 is 1.00 bits per heavy atom. The molecule has 0 unspecified atom stereocenters. The Hall–Kier alpha value is -1.17. The normalized spacial score (nSPS) is 15.3. The van der Waals surface area contributed by atoms with Gasteiger partial charge in [-0.25, -0.2) is 9.97 Å². The Morgan fingerprint density at radius 2 is 1.62 bits per heavy atom. The van der Waals surface area contributed by atoms with Gasteiger partial charge in [-0.3, -0.25) is 0 Å². The van der Waals surface area contributed by atoms with Gasteiger partial charge in [0.2, 0.25) is 0 Å². The first-order valence-electron chi connectivity index (χ1n) is 7.50. The van der Waals surface area contributed by atoms with Crippen LogP contribution in [0.5, 0.6) is 0 Å². The second kappa shape index (κ2) is 5.41. The standard InChI is InChI=1S/C18H14Br2ClN3/c1-18(2)10-6-9(21)4-5-15(10)24(3)17-16(18)22-13-7-11(19)12(20)8-14(13)23-17/h4-8H,1-3H3. The maximum absolute atomic E-state index is 6.25. The third-order valence-electron chi connectivity index (χ3n) is 4.59. The fourth-order valence-electron chi connectivity index (χ4n) is 3.24. The van der Waals surface area contributed by atoms with Crippen LogP contribution in [0.1, 0.15) is 25.1 Å². The number of aromatic nitrogens is 2. The molecule has 0 atom stereocenters. The Kier molecular flexibility index (Phi) is 3.68. The summed E-state index contributed by atoms with van der Waals surface area (Å²) in [4.78, 5) is 11.9. The molecule has 3 aromatic rings. The van der Waals surface area contributed by atoms with Crippen molar-refractivity contribution in [3.05, 3.63) is 55.6 Å². The van der Waals surface area contributed by atoms with Gasteiger partial charge >= 0.3 is 0 Å². The van der Waals surface area contributed by atoms with E-state index in [2.05, 4.69) is 50.6 Å². The summed E-state index contributed by atoms with van der Waals surface area (Å²) in [5, 5.41) is 0.735. The summed E-state index contributed by atoms with van der Waals surface area (Å²) in [5.74, 6) is 0.886. The smallest absolute Gasteiger partial charge is 0.156 e. The van der Waals surface area contributed by atoms with Crippen LogP contribution in [0.3, 0.4) is 0 Å². The lowest BCUT2D eigenvalue weighted by molar-refractivity contribution is 0.604. The molecule has 0 fully saturated rings. The molecule has 1 aromatic heterocycles. The maximum Gasteiger partial charge on any atom is 0.156 e. The molecule has 0 saturated carbocycles. The average Bonchev–Trinajstić information content (AvgIpc) is 2.53. The highest BCUT2D eigenvalue weighted by Gasteiger charge is 2.38. The van der Waals surface area contributed by atoms with Crippen LogP contribution in [0.15, 0.2) is 39.3 Å². The largest absolute Gasteiger partial charge is 0.328 e. The Morgan fingerprint density at radius 3 is 2.29 bits per heavy atom. The van der Waals surface area contributed by atoms with Crippen LogP contribution in [0, 0.1) is 0 Å². The van der Waals surface area contributed by atoms with Crippen LogP contribution >= 0.6 is 43.5 Å². The summed E-state index contributed by atoms with van der Waals surface area (Å²) in [6, 6.07) is 9.98. The van der Waals surface area contributed by atoms with E-state index in [0.29, 0.717) is 0 Å². The van der Waals surface area contributed by atoms with Gasteiger partial charge in [0.25, 0.3) is 0 Å². The van der Waals surface area contributed by atoms with E-state index < -0.39 is 0 Å². The summed E-state index contributed by atoms with van der Waals surface area (Å²) in [5.41, 5.74) is 4.70. The second-order valence-electron chi connectivity index (χ2n) is 6.50. The molecule has 24 heavy (non-hydrogen) atoms. The molecule has 1 aliphatic heterocycles. The molecule has 122 valence electrons. The Labute approximate surface area is 162 Å². The van der Waals surface area contributed by atoms with E-state index in [1.807, 2.05) is 37.4 Å². The lowest BCUT2D eigenvalue weighted by atomic mass is 9.77. The first-order chi connectivity index (χ1) is 11.3. The fraction of sp³-hybridized carbons (Fsp3) is 0.222. The van der Waals surface area contributed by atoms with E-state index in [1.165, 1.54) is 0 Å². The molecule has 0 bridgehead atoms. The number of nitrogens with zero attached hydrogens (tertiary/aromatic N) is 3. The predicted molar refractivity (Wildman–Crippen MR) is 107 cm³/mol. The molecule has 2 aromatic carbocycles. The fourth-order valence-corrected chi connectivity index (χ4v) is 4.07. The third-order valence-corrected chi connectivity index (χ3v) is 6.67. The van der Waals surface area contributed by atoms with Gasteiger partial charge in [0.1, 0.15) is 0 Å². The molecule has 0 saturated heterocycles. The molecule has 3 nitrogen and oxygen atoms in total. The molecular formula is C18H14Br2ClN3. The number of rotatable bonds is 0. The number of hydrogen-bond donors (Lipinski definition) is 0. The summed E-state index contributed by atoms with van der Waals surface area (Å²) in [7, 11) is 2.02. The minimum Gasteiger partial charge on any atom is -0.328 e. The van der Waals surface area contributed by atoms with Crippen LogP contribution in [0.25, 0.3) is 11.0 Å². The van der Waals surface area contributed by atoms with Crippen molar-refractivity contribution in [3.8, 4) is 0 Å². The van der Waals surface area contributed by atoms with Crippen molar-refractivity contribution in [2.75, 3.05) is 11.9 Å². The molecule has 4 rings (SSSR count). The molecule has 0 N–H and O–H groups in total. The second-order valence-corrected chi connectivity index (χ2v) is 8.64. The van der Waals surface area contributed by atoms with Gasteiger partial charge in [0, 0.05) is 32.1 Å². The number of hydrogen-bond acceptors (Lipinski definition) is 3. The predicted octanol–water partition coefficient (Wildman–Crippen LogP) is 6.22. The minimum absolute atomic E-state index is 0.275. The van der Waals surface area contributed by atoms with E-state index in [9.17, 15) is 0 Å². The molecule has 0 aliphatic carbocycles. The van der Waals surface area contributed by atoms with Gasteiger partial charge in [0.15, 0.2) is 5.82 Å². The highest BCUT2D eigenvalue weighted by Crippen LogP contribution is 2.47. The van der Waals surface area contributed by atoms with Gasteiger partial charge in [-0.15, -0.1) is 0 Å². The van der Waals surface area contributed by atoms with Crippen molar-refractivity contribution >= 4 is 66.0 Å².